The fourth-order valence-electron chi connectivity index (χ4n) is 4.03. The molecule has 0 aromatic heterocycles. The highest BCUT2D eigenvalue weighted by Gasteiger charge is 2.34. The number of fused-ring (bicyclic) bond motifs is 1. The van der Waals surface area contributed by atoms with E-state index in [1.54, 1.807) is 12.1 Å². The molecule has 2 fully saturated rings. The largest absolute Gasteiger partial charge is 0.491 e. The minimum absolute atomic E-state index is 0.0923. The van der Waals surface area contributed by atoms with Crippen LogP contribution in [-0.4, -0.2) is 48.3 Å². The van der Waals surface area contributed by atoms with Gasteiger partial charge in [-0.2, -0.15) is 0 Å². The van der Waals surface area contributed by atoms with Crippen LogP contribution in [0.15, 0.2) is 24.3 Å². The predicted molar refractivity (Wildman–Crippen MR) is 94.1 cm³/mol. The summed E-state index contributed by atoms with van der Waals surface area (Å²) in [4.78, 5) is 13.4. The molecule has 5 nitrogen and oxygen atoms in total. The van der Waals surface area contributed by atoms with E-state index in [-0.39, 0.29) is 5.91 Å². The van der Waals surface area contributed by atoms with Gasteiger partial charge < -0.3 is 20.1 Å². The van der Waals surface area contributed by atoms with Crippen molar-refractivity contribution in [3.05, 3.63) is 24.3 Å². The van der Waals surface area contributed by atoms with Crippen molar-refractivity contribution in [3.63, 3.8) is 0 Å². The van der Waals surface area contributed by atoms with E-state index in [2.05, 4.69) is 10.2 Å². The number of carbonyl (C=O) groups excluding carboxylic acids is 1. The molecule has 132 valence electrons. The monoisotopic (exact) mass is 332 g/mol. The molecule has 2 N–H and O–H groups in total. The van der Waals surface area contributed by atoms with Crippen molar-refractivity contribution >= 4 is 11.6 Å². The Kier molecular flexibility index (Phi) is 5.74. The Balaban J connectivity index is 1.41. The van der Waals surface area contributed by atoms with Crippen LogP contribution in [-0.2, 0) is 4.79 Å². The second kappa shape index (κ2) is 7.99. The van der Waals surface area contributed by atoms with Crippen LogP contribution in [0.5, 0.6) is 5.75 Å². The summed E-state index contributed by atoms with van der Waals surface area (Å²) in [6, 6.07) is 7.22. The Morgan fingerprint density at radius 2 is 1.88 bits per heavy atom. The van der Waals surface area contributed by atoms with E-state index in [0.717, 1.165) is 30.6 Å². The molecule has 3 unspecified atom stereocenters. The molecule has 24 heavy (non-hydrogen) atoms. The summed E-state index contributed by atoms with van der Waals surface area (Å²) in [5.74, 6) is 2.30. The summed E-state index contributed by atoms with van der Waals surface area (Å²) >= 11 is 0. The number of benzene rings is 1. The smallest absolute Gasteiger partial charge is 0.221 e. The van der Waals surface area contributed by atoms with Crippen LogP contribution in [0.3, 0.4) is 0 Å². The van der Waals surface area contributed by atoms with Gasteiger partial charge in [-0.15, -0.1) is 0 Å². The van der Waals surface area contributed by atoms with Crippen molar-refractivity contribution in [2.75, 3.05) is 31.6 Å². The summed E-state index contributed by atoms with van der Waals surface area (Å²) in [5.41, 5.74) is 0.745. The van der Waals surface area contributed by atoms with Gasteiger partial charge in [0.1, 0.15) is 18.5 Å². The van der Waals surface area contributed by atoms with Gasteiger partial charge in [0.15, 0.2) is 0 Å². The van der Waals surface area contributed by atoms with Crippen molar-refractivity contribution in [1.29, 1.82) is 0 Å². The van der Waals surface area contributed by atoms with Gasteiger partial charge >= 0.3 is 0 Å². The highest BCUT2D eigenvalue weighted by molar-refractivity contribution is 5.88. The number of carbonyl (C=O) groups is 1. The average Bonchev–Trinajstić information content (AvgIpc) is 2.96. The van der Waals surface area contributed by atoms with E-state index < -0.39 is 6.10 Å². The van der Waals surface area contributed by atoms with Gasteiger partial charge in [0.2, 0.25) is 5.91 Å². The number of rotatable bonds is 6. The van der Waals surface area contributed by atoms with Crippen molar-refractivity contribution in [1.82, 2.24) is 4.90 Å². The van der Waals surface area contributed by atoms with Crippen LogP contribution in [0.4, 0.5) is 5.69 Å². The molecule has 1 aromatic rings. The number of anilines is 1. The molecule has 3 atom stereocenters. The van der Waals surface area contributed by atoms with E-state index >= 15 is 0 Å². The normalized spacial score (nSPS) is 25.1. The van der Waals surface area contributed by atoms with Gasteiger partial charge in [0, 0.05) is 32.2 Å². The first-order valence-electron chi connectivity index (χ1n) is 9.01. The topological polar surface area (TPSA) is 61.8 Å². The lowest BCUT2D eigenvalue weighted by Crippen LogP contribution is -2.34. The summed E-state index contributed by atoms with van der Waals surface area (Å²) in [7, 11) is 0. The molecule has 0 spiro atoms. The Hall–Kier alpha value is -1.59. The first kappa shape index (κ1) is 17.2. The molecule has 1 saturated heterocycles. The van der Waals surface area contributed by atoms with Crippen LogP contribution >= 0.6 is 0 Å². The molecule has 3 rings (SSSR count). The second-order valence-corrected chi connectivity index (χ2v) is 7.19. The van der Waals surface area contributed by atoms with E-state index in [9.17, 15) is 9.90 Å². The maximum atomic E-state index is 11.0. The SMILES string of the molecule is CC(=O)Nc1ccc(OCC(O)CN2CC3CCCCC3C2)cc1. The van der Waals surface area contributed by atoms with E-state index in [4.69, 9.17) is 4.74 Å². The first-order valence-corrected chi connectivity index (χ1v) is 9.01. The fraction of sp³-hybridized carbons (Fsp3) is 0.632. The molecule has 5 heteroatoms. The fourth-order valence-corrected chi connectivity index (χ4v) is 4.03. The number of aliphatic hydroxyl groups excluding tert-OH is 1. The maximum Gasteiger partial charge on any atom is 0.221 e. The molecule has 0 radical (unpaired) electrons. The number of hydrogen-bond acceptors (Lipinski definition) is 4. The maximum absolute atomic E-state index is 11.0. The summed E-state index contributed by atoms with van der Waals surface area (Å²) in [6.45, 7) is 4.73. The van der Waals surface area contributed by atoms with Crippen LogP contribution in [0.25, 0.3) is 0 Å². The van der Waals surface area contributed by atoms with Crippen LogP contribution in [0.2, 0.25) is 0 Å². The zero-order valence-corrected chi connectivity index (χ0v) is 14.4. The highest BCUT2D eigenvalue weighted by atomic mass is 16.5. The van der Waals surface area contributed by atoms with Gasteiger partial charge in [-0.3, -0.25) is 4.79 Å². The standard InChI is InChI=1S/C19H28N2O3/c1-14(22)20-17-6-8-19(9-7-17)24-13-18(23)12-21-10-15-4-2-3-5-16(15)11-21/h6-9,15-16,18,23H,2-5,10-13H2,1H3,(H,20,22). The molecular weight excluding hydrogens is 304 g/mol. The zero-order valence-electron chi connectivity index (χ0n) is 14.4. The molecular formula is C19H28N2O3. The van der Waals surface area contributed by atoms with Crippen molar-refractivity contribution in [2.24, 2.45) is 11.8 Å². The van der Waals surface area contributed by atoms with E-state index in [1.165, 1.54) is 32.6 Å². The number of β-amino-alcohol motifs (C(OH)–C–C–N with tert-alkyl or cyclic N) is 1. The Morgan fingerprint density at radius 3 is 2.46 bits per heavy atom. The van der Waals surface area contributed by atoms with Crippen LogP contribution < -0.4 is 10.1 Å². The Bertz CT molecular complexity index is 532. The predicted octanol–water partition coefficient (Wildman–Crippen LogP) is 2.51. The molecule has 1 aliphatic carbocycles. The van der Waals surface area contributed by atoms with Crippen molar-refractivity contribution < 1.29 is 14.6 Å². The zero-order chi connectivity index (χ0) is 16.9. The highest BCUT2D eigenvalue weighted by Crippen LogP contribution is 2.35. The molecule has 1 aliphatic heterocycles. The third kappa shape index (κ3) is 4.71. The van der Waals surface area contributed by atoms with Gasteiger partial charge in [-0.05, 0) is 48.9 Å². The number of ether oxygens (including phenoxy) is 1. The van der Waals surface area contributed by atoms with Crippen molar-refractivity contribution in [3.8, 4) is 5.75 Å². The molecule has 1 amide bonds. The van der Waals surface area contributed by atoms with E-state index in [0.29, 0.717) is 18.9 Å². The molecule has 1 aromatic carbocycles. The number of aliphatic hydroxyl groups is 1. The number of likely N-dealkylation sites (tertiary alicyclic amines) is 1. The second-order valence-electron chi connectivity index (χ2n) is 7.19. The van der Waals surface area contributed by atoms with Crippen molar-refractivity contribution in [2.45, 2.75) is 38.7 Å². The Morgan fingerprint density at radius 1 is 1.25 bits per heavy atom. The summed E-state index contributed by atoms with van der Waals surface area (Å²) in [5, 5.41) is 13.0. The van der Waals surface area contributed by atoms with E-state index in [1.807, 2.05) is 12.1 Å². The lowest BCUT2D eigenvalue weighted by atomic mass is 9.82. The summed E-state index contributed by atoms with van der Waals surface area (Å²) < 4.78 is 5.67. The lowest BCUT2D eigenvalue weighted by molar-refractivity contribution is -0.114. The molecule has 2 aliphatic rings. The average molecular weight is 332 g/mol. The number of amides is 1. The molecule has 1 saturated carbocycles. The quantitative estimate of drug-likeness (QED) is 0.840. The number of nitrogens with one attached hydrogen (secondary N) is 1. The first-order chi connectivity index (χ1) is 11.6. The molecule has 1 heterocycles. The lowest BCUT2D eigenvalue weighted by Gasteiger charge is -2.23. The van der Waals surface area contributed by atoms with Gasteiger partial charge in [-0.25, -0.2) is 0 Å². The van der Waals surface area contributed by atoms with Gasteiger partial charge in [0.05, 0.1) is 0 Å². The minimum atomic E-state index is -0.472. The summed E-state index contributed by atoms with van der Waals surface area (Å²) in [6.07, 6.45) is 4.98. The third-order valence-corrected chi connectivity index (χ3v) is 5.14. The minimum Gasteiger partial charge on any atom is -0.491 e. The van der Waals surface area contributed by atoms with Gasteiger partial charge in [0.25, 0.3) is 0 Å². The third-order valence-electron chi connectivity index (χ3n) is 5.14. The van der Waals surface area contributed by atoms with Crippen LogP contribution in [0.1, 0.15) is 32.6 Å². The Labute approximate surface area is 144 Å². The van der Waals surface area contributed by atoms with Crippen LogP contribution in [0, 0.1) is 11.8 Å². The number of hydrogen-bond donors (Lipinski definition) is 2. The number of nitrogens with zero attached hydrogens (tertiary/aromatic N) is 1. The van der Waals surface area contributed by atoms with Gasteiger partial charge in [-0.1, -0.05) is 12.8 Å². The molecule has 0 bridgehead atoms.